The monoisotopic (exact) mass is 520 g/mol. The number of hydrogen-bond acceptors (Lipinski definition) is 2. The maximum atomic E-state index is 6.32. The van der Waals surface area contributed by atoms with Crippen LogP contribution in [0, 0.1) is 5.92 Å². The molecule has 2 nitrogen and oxygen atoms in total. The molecule has 0 aliphatic heterocycles. The summed E-state index contributed by atoms with van der Waals surface area (Å²) >= 11 is 0. The lowest BCUT2D eigenvalue weighted by atomic mass is 9.72. The van der Waals surface area contributed by atoms with Gasteiger partial charge in [0.25, 0.3) is 0 Å². The Kier molecular flexibility index (Phi) is 12.7. The van der Waals surface area contributed by atoms with Crippen molar-refractivity contribution in [2.45, 2.75) is 73.6 Å². The van der Waals surface area contributed by atoms with Gasteiger partial charge in [-0.05, 0) is 74.3 Å². The molecule has 0 radical (unpaired) electrons. The molecule has 1 aliphatic rings. The smallest absolute Gasteiger partial charge is 0.0735 e. The minimum absolute atomic E-state index is 0.190. The number of allylic oxidation sites excluding steroid dienone is 5. The summed E-state index contributed by atoms with van der Waals surface area (Å²) in [6.45, 7) is 17.2. The largest absolute Gasteiger partial charge is 0.398 e. The first-order chi connectivity index (χ1) is 18.8. The Hall–Kier alpha value is -3.65. The van der Waals surface area contributed by atoms with Crippen LogP contribution in [0.25, 0.3) is 5.70 Å². The molecule has 39 heavy (non-hydrogen) atoms. The first-order valence-corrected chi connectivity index (χ1v) is 14.3. The first-order valence-electron chi connectivity index (χ1n) is 14.3. The summed E-state index contributed by atoms with van der Waals surface area (Å²) in [4.78, 5) is 4.75. The third-order valence-electron chi connectivity index (χ3n) is 7.22. The summed E-state index contributed by atoms with van der Waals surface area (Å²) in [6, 6.07) is 28.9. The lowest BCUT2D eigenvalue weighted by Gasteiger charge is -2.32. The van der Waals surface area contributed by atoms with E-state index < -0.39 is 0 Å². The molecular formula is C37H48N2. The molecular weight excluding hydrogens is 472 g/mol. The summed E-state index contributed by atoms with van der Waals surface area (Å²) in [6.07, 6.45) is 8.84. The van der Waals surface area contributed by atoms with Gasteiger partial charge in [0.1, 0.15) is 0 Å². The fourth-order valence-electron chi connectivity index (χ4n) is 5.04. The Labute approximate surface area is 238 Å². The minimum atomic E-state index is 0.190. The van der Waals surface area contributed by atoms with Gasteiger partial charge in [0, 0.05) is 16.8 Å². The van der Waals surface area contributed by atoms with E-state index in [2.05, 4.69) is 89.2 Å². The average Bonchev–Trinajstić information content (AvgIpc) is 3.00. The second kappa shape index (κ2) is 15.7. The number of rotatable bonds is 4. The highest BCUT2D eigenvalue weighted by atomic mass is 14.7. The molecule has 0 amide bonds. The zero-order chi connectivity index (χ0) is 28.8. The van der Waals surface area contributed by atoms with Gasteiger partial charge in [-0.2, -0.15) is 0 Å². The van der Waals surface area contributed by atoms with Crippen molar-refractivity contribution in [3.05, 3.63) is 131 Å². The number of fused-ring (bicyclic) bond motifs is 1. The van der Waals surface area contributed by atoms with Gasteiger partial charge in [-0.15, -0.1) is 0 Å². The van der Waals surface area contributed by atoms with Crippen molar-refractivity contribution in [1.29, 1.82) is 0 Å². The number of hydrogen-bond donors (Lipinski definition) is 1. The lowest BCUT2D eigenvalue weighted by Crippen LogP contribution is -2.25. The molecule has 206 valence electrons. The Bertz CT molecular complexity index is 1280. The van der Waals surface area contributed by atoms with E-state index in [-0.39, 0.29) is 5.41 Å². The normalized spacial score (nSPS) is 22.0. The minimum Gasteiger partial charge on any atom is -0.398 e. The Morgan fingerprint density at radius 1 is 0.949 bits per heavy atom. The van der Waals surface area contributed by atoms with Crippen LogP contribution in [-0.4, -0.2) is 5.71 Å². The average molecular weight is 521 g/mol. The Morgan fingerprint density at radius 2 is 1.51 bits per heavy atom. The van der Waals surface area contributed by atoms with Crippen LogP contribution in [0.3, 0.4) is 0 Å². The predicted octanol–water partition coefficient (Wildman–Crippen LogP) is 10.4. The van der Waals surface area contributed by atoms with E-state index in [1.54, 1.807) is 0 Å². The molecule has 0 spiro atoms. The number of benzene rings is 3. The first kappa shape index (κ1) is 31.6. The molecule has 0 aromatic heterocycles. The van der Waals surface area contributed by atoms with E-state index in [4.69, 9.17) is 10.7 Å². The second-order valence-electron chi connectivity index (χ2n) is 10.3. The highest BCUT2D eigenvalue weighted by molar-refractivity contribution is 6.13. The van der Waals surface area contributed by atoms with E-state index >= 15 is 0 Å². The van der Waals surface area contributed by atoms with Crippen LogP contribution in [0.4, 0.5) is 5.69 Å². The number of nitrogens with zero attached hydrogens (tertiary/aromatic N) is 1. The second-order valence-corrected chi connectivity index (χ2v) is 10.3. The van der Waals surface area contributed by atoms with Gasteiger partial charge in [0.05, 0.1) is 11.4 Å². The van der Waals surface area contributed by atoms with Crippen LogP contribution in [0.15, 0.2) is 119 Å². The third-order valence-corrected chi connectivity index (χ3v) is 7.22. The summed E-state index contributed by atoms with van der Waals surface area (Å²) in [5, 5.41) is 0. The summed E-state index contributed by atoms with van der Waals surface area (Å²) in [5.74, 6) is 0.570. The summed E-state index contributed by atoms with van der Waals surface area (Å²) in [5.41, 5.74) is 15.6. The topological polar surface area (TPSA) is 38.4 Å². The van der Waals surface area contributed by atoms with Crippen molar-refractivity contribution in [3.8, 4) is 0 Å². The molecule has 1 aliphatic carbocycles. The van der Waals surface area contributed by atoms with Crippen molar-refractivity contribution in [1.82, 2.24) is 0 Å². The fourth-order valence-corrected chi connectivity index (χ4v) is 5.04. The molecule has 2 heteroatoms. The van der Waals surface area contributed by atoms with Gasteiger partial charge >= 0.3 is 0 Å². The van der Waals surface area contributed by atoms with Gasteiger partial charge in [0.2, 0.25) is 0 Å². The summed E-state index contributed by atoms with van der Waals surface area (Å²) < 4.78 is 0. The van der Waals surface area contributed by atoms with Crippen molar-refractivity contribution >= 4 is 17.1 Å². The molecule has 2 N–H and O–H groups in total. The molecule has 0 saturated carbocycles. The molecule has 1 unspecified atom stereocenters. The maximum absolute atomic E-state index is 6.32. The molecule has 3 aromatic carbocycles. The Balaban J connectivity index is 0.000000258. The fraction of sp³-hybridized carbons (Fsp3) is 0.324. The quantitative estimate of drug-likeness (QED) is 0.341. The van der Waals surface area contributed by atoms with Crippen LogP contribution in [0.5, 0.6) is 0 Å². The van der Waals surface area contributed by atoms with E-state index in [1.165, 1.54) is 28.7 Å². The maximum Gasteiger partial charge on any atom is 0.0735 e. The van der Waals surface area contributed by atoms with E-state index in [9.17, 15) is 0 Å². The van der Waals surface area contributed by atoms with Crippen molar-refractivity contribution in [3.63, 3.8) is 0 Å². The van der Waals surface area contributed by atoms with Crippen LogP contribution in [0.1, 0.15) is 84.9 Å². The van der Waals surface area contributed by atoms with Crippen molar-refractivity contribution in [2.24, 2.45) is 16.6 Å². The molecule has 3 aromatic rings. The third kappa shape index (κ3) is 8.96. The molecule has 2 atom stereocenters. The zero-order valence-corrected chi connectivity index (χ0v) is 25.3. The molecule has 0 heterocycles. The molecule has 4 rings (SSSR count). The highest BCUT2D eigenvalue weighted by Gasteiger charge is 2.29. The summed E-state index contributed by atoms with van der Waals surface area (Å²) in [7, 11) is 0. The van der Waals surface area contributed by atoms with Gasteiger partial charge in [0.15, 0.2) is 0 Å². The zero-order valence-electron chi connectivity index (χ0n) is 25.3. The van der Waals surface area contributed by atoms with Gasteiger partial charge in [-0.3, -0.25) is 0 Å². The van der Waals surface area contributed by atoms with E-state index in [0.29, 0.717) is 5.92 Å². The Morgan fingerprint density at radius 3 is 2.10 bits per heavy atom. The van der Waals surface area contributed by atoms with Gasteiger partial charge in [-0.25, -0.2) is 4.99 Å². The van der Waals surface area contributed by atoms with Crippen molar-refractivity contribution < 1.29 is 0 Å². The van der Waals surface area contributed by atoms with Crippen LogP contribution in [-0.2, 0) is 5.41 Å². The SMILES string of the molecule is C/C=C(/C)C(=Nc1ccccc1)c1ccccc1.CC.CC[C@]1(C)CC(C)/C=C(C)\C=C(/N)c2ccccc21. The molecule has 0 bridgehead atoms. The van der Waals surface area contributed by atoms with Gasteiger partial charge < -0.3 is 5.73 Å². The number of aliphatic imine (C=N–C) groups is 1. The van der Waals surface area contributed by atoms with Crippen LogP contribution in [0.2, 0.25) is 0 Å². The predicted molar refractivity (Wildman–Crippen MR) is 174 cm³/mol. The number of para-hydroxylation sites is 1. The van der Waals surface area contributed by atoms with Crippen molar-refractivity contribution in [2.75, 3.05) is 0 Å². The lowest BCUT2D eigenvalue weighted by molar-refractivity contribution is 0.374. The standard InChI is InChI=1S/C18H25N.C17H17N.C2H6/c1-5-18(4)12-14(3)10-13(2)11-17(19)15-8-6-7-9-16(15)18;1-3-14(2)17(15-10-6-4-7-11-15)18-16-12-8-5-9-13-16;1-2/h6-11,14H,5,12,19H2,1-4H3;3-13H,1-2H3;1-2H3/b13-10-,17-11-;14-3-,18-17?;/t14?,18-;;/m1../s1. The van der Waals surface area contributed by atoms with E-state index in [1.807, 2.05) is 69.3 Å². The molecule has 0 fully saturated rings. The molecule has 0 saturated heterocycles. The van der Waals surface area contributed by atoms with Crippen LogP contribution < -0.4 is 5.73 Å². The van der Waals surface area contributed by atoms with E-state index in [0.717, 1.165) is 29.1 Å². The highest BCUT2D eigenvalue weighted by Crippen LogP contribution is 2.39. The number of nitrogens with two attached hydrogens (primary N) is 1. The van der Waals surface area contributed by atoms with Gasteiger partial charge in [-0.1, -0.05) is 125 Å². The van der Waals surface area contributed by atoms with Crippen LogP contribution >= 0.6 is 0 Å².